The Morgan fingerprint density at radius 1 is 1.04 bits per heavy atom. The van der Waals surface area contributed by atoms with Crippen LogP contribution in [0, 0.1) is 13.8 Å². The number of esters is 1. The fourth-order valence-electron chi connectivity index (χ4n) is 2.37. The number of phenols is 3. The van der Waals surface area contributed by atoms with Crippen molar-refractivity contribution < 1.29 is 29.6 Å². The highest BCUT2D eigenvalue weighted by Crippen LogP contribution is 2.40. The molecule has 0 spiro atoms. The summed E-state index contributed by atoms with van der Waals surface area (Å²) in [6.45, 7) is 5.67. The minimum atomic E-state index is -0.592. The van der Waals surface area contributed by atoms with E-state index in [-0.39, 0.29) is 28.6 Å². The molecule has 0 aromatic heterocycles. The average molecular weight is 346 g/mol. The van der Waals surface area contributed by atoms with E-state index >= 15 is 0 Å². The smallest absolute Gasteiger partial charge is 0.342 e. The molecule has 0 aliphatic carbocycles. The third-order valence-corrected chi connectivity index (χ3v) is 3.65. The van der Waals surface area contributed by atoms with Gasteiger partial charge >= 0.3 is 5.97 Å². The van der Waals surface area contributed by atoms with Crippen LogP contribution in [0.5, 0.6) is 28.7 Å². The molecule has 0 aliphatic rings. The van der Waals surface area contributed by atoms with E-state index in [2.05, 4.69) is 0 Å². The van der Waals surface area contributed by atoms with Crippen LogP contribution in [0.2, 0.25) is 0 Å². The Hall–Kier alpha value is -2.89. The lowest BCUT2D eigenvalue weighted by Gasteiger charge is -2.13. The molecule has 3 N–H and O–H groups in total. The van der Waals surface area contributed by atoms with E-state index in [1.165, 1.54) is 12.1 Å². The zero-order chi connectivity index (χ0) is 18.6. The number of unbranched alkanes of at least 4 members (excludes halogenated alkanes) is 1. The summed E-state index contributed by atoms with van der Waals surface area (Å²) in [5.74, 6) is -1.29. The molecule has 2 aromatic rings. The van der Waals surface area contributed by atoms with Gasteiger partial charge in [-0.15, -0.1) is 0 Å². The van der Waals surface area contributed by atoms with Crippen LogP contribution in [0.1, 0.15) is 41.3 Å². The monoisotopic (exact) mass is 346 g/mol. The molecule has 6 heteroatoms. The number of phenolic OH excluding ortho intramolecular Hbond substituents is 3. The fraction of sp³-hybridized carbons (Fsp3) is 0.316. The van der Waals surface area contributed by atoms with Crippen LogP contribution in [-0.2, 0) is 4.74 Å². The fourth-order valence-corrected chi connectivity index (χ4v) is 2.37. The molecule has 6 nitrogen and oxygen atoms in total. The zero-order valence-corrected chi connectivity index (χ0v) is 14.5. The Kier molecular flexibility index (Phi) is 5.75. The Bertz CT molecular complexity index is 759. The lowest BCUT2D eigenvalue weighted by Crippen LogP contribution is -2.08. The Morgan fingerprint density at radius 2 is 1.76 bits per heavy atom. The molecular weight excluding hydrogens is 324 g/mol. The topological polar surface area (TPSA) is 96.2 Å². The highest BCUT2D eigenvalue weighted by atomic mass is 16.5. The summed E-state index contributed by atoms with van der Waals surface area (Å²) >= 11 is 0. The van der Waals surface area contributed by atoms with E-state index in [9.17, 15) is 20.1 Å². The second-order valence-electron chi connectivity index (χ2n) is 5.86. The van der Waals surface area contributed by atoms with Gasteiger partial charge in [-0.2, -0.15) is 0 Å². The first kappa shape index (κ1) is 18.4. The summed E-state index contributed by atoms with van der Waals surface area (Å²) < 4.78 is 10.7. The first-order valence-corrected chi connectivity index (χ1v) is 8.04. The van der Waals surface area contributed by atoms with Crippen molar-refractivity contribution in [1.29, 1.82) is 0 Å². The molecule has 0 heterocycles. The normalized spacial score (nSPS) is 10.5. The average Bonchev–Trinajstić information content (AvgIpc) is 2.51. The molecule has 25 heavy (non-hydrogen) atoms. The lowest BCUT2D eigenvalue weighted by molar-refractivity contribution is 0.0495. The molecule has 2 rings (SSSR count). The molecule has 0 radical (unpaired) electrons. The summed E-state index contributed by atoms with van der Waals surface area (Å²) in [6.07, 6.45) is 1.65. The van der Waals surface area contributed by atoms with Crippen LogP contribution < -0.4 is 4.74 Å². The number of rotatable bonds is 6. The quantitative estimate of drug-likeness (QED) is 0.413. The minimum Gasteiger partial charge on any atom is -0.507 e. The van der Waals surface area contributed by atoms with Crippen LogP contribution in [0.4, 0.5) is 0 Å². The van der Waals surface area contributed by atoms with Crippen molar-refractivity contribution in [2.75, 3.05) is 6.61 Å². The molecule has 0 bridgehead atoms. The summed E-state index contributed by atoms with van der Waals surface area (Å²) in [5, 5.41) is 29.7. The van der Waals surface area contributed by atoms with E-state index in [0.29, 0.717) is 17.7 Å². The maximum atomic E-state index is 12.1. The van der Waals surface area contributed by atoms with Crippen molar-refractivity contribution in [3.05, 3.63) is 41.0 Å². The predicted octanol–water partition coefficient (Wildman–Crippen LogP) is 4.17. The number of aryl methyl sites for hydroxylation is 2. The lowest BCUT2D eigenvalue weighted by atomic mass is 10.1. The van der Waals surface area contributed by atoms with Crippen molar-refractivity contribution in [2.24, 2.45) is 0 Å². The van der Waals surface area contributed by atoms with Crippen LogP contribution in [-0.4, -0.2) is 27.9 Å². The van der Waals surface area contributed by atoms with Gasteiger partial charge in [0.05, 0.1) is 6.61 Å². The van der Waals surface area contributed by atoms with Gasteiger partial charge in [-0.05, 0) is 49.6 Å². The standard InChI is InChI=1S/C19H22O6/c1-4-5-6-24-19(23)17-12(3)9-13(10-14(17)20)25-16-8-11(2)7-15(21)18(16)22/h7-10,20-22H,4-6H2,1-3H3. The number of hydrogen-bond acceptors (Lipinski definition) is 6. The number of carbonyl (C=O) groups is 1. The van der Waals surface area contributed by atoms with E-state index in [0.717, 1.165) is 12.8 Å². The molecule has 0 unspecified atom stereocenters. The van der Waals surface area contributed by atoms with E-state index in [4.69, 9.17) is 9.47 Å². The van der Waals surface area contributed by atoms with E-state index in [1.807, 2.05) is 6.92 Å². The minimum absolute atomic E-state index is 0.0505. The highest BCUT2D eigenvalue weighted by Gasteiger charge is 2.18. The zero-order valence-electron chi connectivity index (χ0n) is 14.5. The number of hydrogen-bond donors (Lipinski definition) is 3. The second kappa shape index (κ2) is 7.79. The third-order valence-electron chi connectivity index (χ3n) is 3.65. The second-order valence-corrected chi connectivity index (χ2v) is 5.86. The molecule has 0 atom stereocenters. The molecule has 2 aromatic carbocycles. The van der Waals surface area contributed by atoms with Gasteiger partial charge in [0.15, 0.2) is 11.5 Å². The van der Waals surface area contributed by atoms with Gasteiger partial charge in [0.2, 0.25) is 5.75 Å². The maximum Gasteiger partial charge on any atom is 0.342 e. The van der Waals surface area contributed by atoms with Gasteiger partial charge in [0.1, 0.15) is 17.1 Å². The van der Waals surface area contributed by atoms with Crippen molar-refractivity contribution in [3.8, 4) is 28.7 Å². The first-order chi connectivity index (χ1) is 11.8. The van der Waals surface area contributed by atoms with Crippen LogP contribution in [0.15, 0.2) is 24.3 Å². The number of ether oxygens (including phenoxy) is 2. The molecule has 0 amide bonds. The van der Waals surface area contributed by atoms with Gasteiger partial charge in [-0.3, -0.25) is 0 Å². The Balaban J connectivity index is 2.26. The molecular formula is C19H22O6. The number of benzene rings is 2. The van der Waals surface area contributed by atoms with Gasteiger partial charge in [0.25, 0.3) is 0 Å². The molecule has 134 valence electrons. The Labute approximate surface area is 146 Å². The maximum absolute atomic E-state index is 12.1. The molecule has 0 saturated carbocycles. The van der Waals surface area contributed by atoms with Gasteiger partial charge in [0, 0.05) is 6.07 Å². The summed E-state index contributed by atoms with van der Waals surface area (Å²) in [4.78, 5) is 12.1. The summed E-state index contributed by atoms with van der Waals surface area (Å²) in [7, 11) is 0. The van der Waals surface area contributed by atoms with Crippen molar-refractivity contribution in [2.45, 2.75) is 33.6 Å². The van der Waals surface area contributed by atoms with Crippen molar-refractivity contribution >= 4 is 5.97 Å². The van der Waals surface area contributed by atoms with Crippen LogP contribution >= 0.6 is 0 Å². The SMILES string of the molecule is CCCCOC(=O)c1c(C)cc(Oc2cc(C)cc(O)c2O)cc1O. The highest BCUT2D eigenvalue weighted by molar-refractivity contribution is 5.94. The largest absolute Gasteiger partial charge is 0.507 e. The van der Waals surface area contributed by atoms with E-state index in [1.54, 1.807) is 26.0 Å². The van der Waals surface area contributed by atoms with Gasteiger partial charge < -0.3 is 24.8 Å². The third kappa shape index (κ3) is 4.35. The van der Waals surface area contributed by atoms with Gasteiger partial charge in [-0.25, -0.2) is 4.79 Å². The van der Waals surface area contributed by atoms with Crippen molar-refractivity contribution in [3.63, 3.8) is 0 Å². The van der Waals surface area contributed by atoms with E-state index < -0.39 is 11.7 Å². The molecule has 0 fully saturated rings. The first-order valence-electron chi connectivity index (χ1n) is 8.04. The van der Waals surface area contributed by atoms with Crippen LogP contribution in [0.3, 0.4) is 0 Å². The van der Waals surface area contributed by atoms with Crippen molar-refractivity contribution in [1.82, 2.24) is 0 Å². The predicted molar refractivity (Wildman–Crippen MR) is 92.6 cm³/mol. The molecule has 0 aliphatic heterocycles. The van der Waals surface area contributed by atoms with Crippen LogP contribution in [0.25, 0.3) is 0 Å². The summed E-state index contributed by atoms with van der Waals surface area (Å²) in [5.41, 5.74) is 1.26. The van der Waals surface area contributed by atoms with Gasteiger partial charge in [-0.1, -0.05) is 13.3 Å². The summed E-state index contributed by atoms with van der Waals surface area (Å²) in [6, 6.07) is 5.77. The Morgan fingerprint density at radius 3 is 2.40 bits per heavy atom. The number of aromatic hydroxyl groups is 3. The number of carbonyl (C=O) groups excluding carboxylic acids is 1. The molecule has 0 saturated heterocycles.